The molecule has 0 unspecified atom stereocenters. The van der Waals surface area contributed by atoms with E-state index in [1.165, 1.54) is 11.8 Å². The second kappa shape index (κ2) is 9.33. The van der Waals surface area contributed by atoms with Crippen LogP contribution < -0.4 is 14.8 Å². The molecule has 1 aliphatic heterocycles. The number of hydrogen-bond donors (Lipinski definition) is 1. The molecular weight excluding hydrogens is 384 g/mol. The van der Waals surface area contributed by atoms with Crippen LogP contribution in [0.1, 0.15) is 31.9 Å². The number of amides is 1. The number of halogens is 1. The fourth-order valence-corrected chi connectivity index (χ4v) is 3.81. The minimum atomic E-state index is -0.116. The Morgan fingerprint density at radius 3 is 2.78 bits per heavy atom. The van der Waals surface area contributed by atoms with Crippen LogP contribution in [0, 0.1) is 5.92 Å². The fraction of sp³-hybridized carbons (Fsp3) is 0.400. The van der Waals surface area contributed by atoms with Crippen molar-refractivity contribution in [3.63, 3.8) is 0 Å². The molecule has 0 saturated heterocycles. The molecular formula is C20H23ClN2O3S. The topological polar surface area (TPSA) is 60.5 Å². The van der Waals surface area contributed by atoms with Gasteiger partial charge in [-0.3, -0.25) is 4.79 Å². The van der Waals surface area contributed by atoms with Gasteiger partial charge in [-0.15, -0.1) is 0 Å². The Hall–Kier alpha value is -1.92. The van der Waals surface area contributed by atoms with Crippen molar-refractivity contribution in [3.8, 4) is 11.5 Å². The normalized spacial score (nSPS) is 14.5. The quantitative estimate of drug-likeness (QED) is 0.715. The number of carbonyl (C=O) groups excluding carboxylic acids is 1. The lowest BCUT2D eigenvalue weighted by molar-refractivity contribution is -0.119. The van der Waals surface area contributed by atoms with E-state index in [1.807, 2.05) is 18.2 Å². The van der Waals surface area contributed by atoms with E-state index >= 15 is 0 Å². The van der Waals surface area contributed by atoms with Crippen LogP contribution in [0.4, 0.5) is 0 Å². The molecule has 0 saturated carbocycles. The third kappa shape index (κ3) is 5.30. The van der Waals surface area contributed by atoms with Crippen LogP contribution in [0.5, 0.6) is 11.5 Å². The molecule has 1 aromatic carbocycles. The molecule has 0 spiro atoms. The number of thioether (sulfide) groups is 1. The second-order valence-corrected chi connectivity index (χ2v) is 8.00. The molecule has 1 aliphatic rings. The first-order valence-electron chi connectivity index (χ1n) is 8.97. The van der Waals surface area contributed by atoms with Crippen LogP contribution >= 0.6 is 23.4 Å². The van der Waals surface area contributed by atoms with Crippen LogP contribution in [0.15, 0.2) is 41.6 Å². The number of carbonyl (C=O) groups is 1. The summed E-state index contributed by atoms with van der Waals surface area (Å²) in [6.45, 7) is 5.45. The molecule has 2 heterocycles. The maximum atomic E-state index is 12.5. The molecule has 144 valence electrons. The van der Waals surface area contributed by atoms with Gasteiger partial charge in [-0.05, 0) is 35.7 Å². The van der Waals surface area contributed by atoms with Crippen molar-refractivity contribution in [1.29, 1.82) is 0 Å². The van der Waals surface area contributed by atoms with E-state index in [9.17, 15) is 4.79 Å². The first-order chi connectivity index (χ1) is 13.0. The summed E-state index contributed by atoms with van der Waals surface area (Å²) in [7, 11) is 0. The van der Waals surface area contributed by atoms with Gasteiger partial charge in [0, 0.05) is 12.6 Å². The van der Waals surface area contributed by atoms with Crippen molar-refractivity contribution in [2.24, 2.45) is 5.92 Å². The van der Waals surface area contributed by atoms with Gasteiger partial charge in [-0.25, -0.2) is 4.98 Å². The highest BCUT2D eigenvalue weighted by Crippen LogP contribution is 2.34. The van der Waals surface area contributed by atoms with Crippen LogP contribution in [-0.4, -0.2) is 29.9 Å². The van der Waals surface area contributed by atoms with E-state index in [0.29, 0.717) is 23.3 Å². The summed E-state index contributed by atoms with van der Waals surface area (Å²) in [4.78, 5) is 16.7. The Balaban J connectivity index is 1.68. The molecule has 0 fully saturated rings. The zero-order valence-corrected chi connectivity index (χ0v) is 17.0. The average Bonchev–Trinajstić information content (AvgIpc) is 2.90. The van der Waals surface area contributed by atoms with Crippen LogP contribution in [0.3, 0.4) is 0 Å². The summed E-state index contributed by atoms with van der Waals surface area (Å²) >= 11 is 7.43. The van der Waals surface area contributed by atoms with Crippen molar-refractivity contribution in [2.45, 2.75) is 31.3 Å². The van der Waals surface area contributed by atoms with Crippen molar-refractivity contribution >= 4 is 29.3 Å². The number of rotatable bonds is 6. The van der Waals surface area contributed by atoms with Crippen molar-refractivity contribution in [2.75, 3.05) is 19.0 Å². The van der Waals surface area contributed by atoms with Crippen molar-refractivity contribution < 1.29 is 14.3 Å². The van der Waals surface area contributed by atoms with Gasteiger partial charge in [0.1, 0.15) is 5.03 Å². The third-order valence-electron chi connectivity index (χ3n) is 4.18. The van der Waals surface area contributed by atoms with Gasteiger partial charge in [-0.2, -0.15) is 0 Å². The summed E-state index contributed by atoms with van der Waals surface area (Å²) in [6, 6.07) is 9.29. The van der Waals surface area contributed by atoms with Crippen molar-refractivity contribution in [1.82, 2.24) is 10.3 Å². The number of hydrogen-bond acceptors (Lipinski definition) is 5. The average molecular weight is 407 g/mol. The van der Waals surface area contributed by atoms with Crippen LogP contribution in [0.2, 0.25) is 5.02 Å². The first-order valence-corrected chi connectivity index (χ1v) is 10.3. The molecule has 0 radical (unpaired) electrons. The van der Waals surface area contributed by atoms with E-state index < -0.39 is 0 Å². The number of nitrogens with zero attached hydrogens (tertiary/aromatic N) is 1. The Morgan fingerprint density at radius 2 is 2.04 bits per heavy atom. The Kier molecular flexibility index (Phi) is 6.85. The standard InChI is InChI=1S/C20H23ClN2O3S/c1-13(2)19(14-6-7-16-17(11-14)26-10-4-9-25-16)23-18(24)12-27-20-15(21)5-3-8-22-20/h3,5-8,11,13,19H,4,9-10,12H2,1-2H3,(H,23,24)/t19-/m0/s1. The van der Waals surface area contributed by atoms with E-state index in [4.69, 9.17) is 21.1 Å². The molecule has 2 aromatic rings. The number of ether oxygens (including phenoxy) is 2. The Labute approximate surface area is 168 Å². The molecule has 1 atom stereocenters. The minimum Gasteiger partial charge on any atom is -0.490 e. The predicted octanol–water partition coefficient (Wildman–Crippen LogP) is 4.50. The summed E-state index contributed by atoms with van der Waals surface area (Å²) in [6.07, 6.45) is 2.53. The highest BCUT2D eigenvalue weighted by atomic mass is 35.5. The Bertz CT molecular complexity index is 801. The highest BCUT2D eigenvalue weighted by Gasteiger charge is 2.21. The molecule has 27 heavy (non-hydrogen) atoms. The van der Waals surface area contributed by atoms with Gasteiger partial charge in [0.2, 0.25) is 5.91 Å². The van der Waals surface area contributed by atoms with Gasteiger partial charge in [0.15, 0.2) is 11.5 Å². The van der Waals surface area contributed by atoms with E-state index in [0.717, 1.165) is 23.5 Å². The largest absolute Gasteiger partial charge is 0.490 e. The first kappa shape index (κ1) is 19.8. The molecule has 1 aromatic heterocycles. The smallest absolute Gasteiger partial charge is 0.230 e. The zero-order valence-electron chi connectivity index (χ0n) is 15.4. The summed E-state index contributed by atoms with van der Waals surface area (Å²) in [5, 5.41) is 4.33. The number of pyridine rings is 1. The van der Waals surface area contributed by atoms with Gasteiger partial charge >= 0.3 is 0 Å². The third-order valence-corrected chi connectivity index (χ3v) is 5.60. The molecule has 5 nitrogen and oxygen atoms in total. The Morgan fingerprint density at radius 1 is 1.26 bits per heavy atom. The van der Waals surface area contributed by atoms with Crippen LogP contribution in [0.25, 0.3) is 0 Å². The van der Waals surface area contributed by atoms with Crippen LogP contribution in [-0.2, 0) is 4.79 Å². The lowest BCUT2D eigenvalue weighted by Crippen LogP contribution is -2.33. The summed E-state index contributed by atoms with van der Waals surface area (Å²) in [5.41, 5.74) is 1.00. The van der Waals surface area contributed by atoms with Gasteiger partial charge < -0.3 is 14.8 Å². The monoisotopic (exact) mass is 406 g/mol. The highest BCUT2D eigenvalue weighted by molar-refractivity contribution is 8.00. The fourth-order valence-electron chi connectivity index (χ4n) is 2.83. The molecule has 0 bridgehead atoms. The van der Waals surface area contributed by atoms with Crippen molar-refractivity contribution in [3.05, 3.63) is 47.1 Å². The lowest BCUT2D eigenvalue weighted by atomic mass is 9.95. The number of nitrogens with one attached hydrogen (secondary N) is 1. The van der Waals surface area contributed by atoms with E-state index in [2.05, 4.69) is 24.1 Å². The van der Waals surface area contributed by atoms with Gasteiger partial charge in [0.25, 0.3) is 0 Å². The number of aromatic nitrogens is 1. The molecule has 0 aliphatic carbocycles. The summed E-state index contributed by atoms with van der Waals surface area (Å²) in [5.74, 6) is 1.91. The van der Waals surface area contributed by atoms with E-state index in [-0.39, 0.29) is 23.6 Å². The zero-order chi connectivity index (χ0) is 19.2. The molecule has 1 N–H and O–H groups in total. The number of benzene rings is 1. The SMILES string of the molecule is CC(C)[C@H](NC(=O)CSc1ncccc1Cl)c1ccc2c(c1)OCCCO2. The van der Waals surface area contributed by atoms with Gasteiger partial charge in [-0.1, -0.05) is 43.3 Å². The predicted molar refractivity (Wildman–Crippen MR) is 108 cm³/mol. The molecule has 1 amide bonds. The second-order valence-electron chi connectivity index (χ2n) is 6.62. The maximum Gasteiger partial charge on any atom is 0.230 e. The maximum absolute atomic E-state index is 12.5. The molecule has 3 rings (SSSR count). The number of fused-ring (bicyclic) bond motifs is 1. The lowest BCUT2D eigenvalue weighted by Gasteiger charge is -2.24. The van der Waals surface area contributed by atoms with E-state index in [1.54, 1.807) is 18.3 Å². The summed E-state index contributed by atoms with van der Waals surface area (Å²) < 4.78 is 11.5. The van der Waals surface area contributed by atoms with Gasteiger partial charge in [0.05, 0.1) is 30.0 Å². The minimum absolute atomic E-state index is 0.0625. The molecule has 7 heteroatoms.